The number of hydrogen-bond acceptors (Lipinski definition) is 4. The number of halogens is 1. The van der Waals surface area contributed by atoms with E-state index in [-0.39, 0.29) is 30.2 Å². The van der Waals surface area contributed by atoms with Gasteiger partial charge in [0.1, 0.15) is 6.10 Å². The monoisotopic (exact) mass is 391 g/mol. The highest BCUT2D eigenvalue weighted by molar-refractivity contribution is 5.85. The molecule has 0 bridgehead atoms. The minimum atomic E-state index is -0.828. The van der Waals surface area contributed by atoms with Crippen LogP contribution in [0.3, 0.4) is 0 Å². The van der Waals surface area contributed by atoms with E-state index in [1.54, 1.807) is 18.2 Å². The zero-order chi connectivity index (χ0) is 18.6. The number of hydrogen-bond donors (Lipinski definition) is 3. The van der Waals surface area contributed by atoms with E-state index in [1.165, 1.54) is 5.56 Å². The average molecular weight is 392 g/mol. The summed E-state index contributed by atoms with van der Waals surface area (Å²) in [5, 5.41) is 25.0. The van der Waals surface area contributed by atoms with Crippen molar-refractivity contribution in [2.75, 3.05) is 13.1 Å². The number of aliphatic hydroxyl groups is 1. The smallest absolute Gasteiger partial charge is 0.161 e. The van der Waals surface area contributed by atoms with Crippen molar-refractivity contribution in [3.8, 4) is 11.5 Å². The van der Waals surface area contributed by atoms with Gasteiger partial charge in [-0.1, -0.05) is 48.9 Å². The standard InChI is InChI=1S/C22H29NO3.ClH/c1-3-20(26-21-7-5-4-6-19(21)24)18-15-23-13-12-22(18,25)14-17-10-8-16(2)9-11-17;/h4-11,18,20,23-25H,3,12-15H2,1-2H3;1H. The molecule has 2 aromatic carbocycles. The number of phenolic OH excluding ortho intramolecular Hbond substituents is 1. The van der Waals surface area contributed by atoms with Crippen LogP contribution in [0.1, 0.15) is 30.9 Å². The molecule has 0 spiro atoms. The minimum Gasteiger partial charge on any atom is -0.504 e. The van der Waals surface area contributed by atoms with Gasteiger partial charge in [-0.2, -0.15) is 0 Å². The zero-order valence-corrected chi connectivity index (χ0v) is 16.8. The lowest BCUT2D eigenvalue weighted by molar-refractivity contribution is -0.0824. The fourth-order valence-electron chi connectivity index (χ4n) is 3.86. The molecule has 3 rings (SSSR count). The van der Waals surface area contributed by atoms with Crippen molar-refractivity contribution in [3.05, 3.63) is 59.7 Å². The number of phenols is 1. The first-order valence-electron chi connectivity index (χ1n) is 9.45. The molecule has 0 aliphatic carbocycles. The summed E-state index contributed by atoms with van der Waals surface area (Å²) in [5.41, 5.74) is 1.53. The SMILES string of the molecule is CCC(Oc1ccccc1O)C1CNCCC1(O)Cc1ccc(C)cc1.Cl. The fraction of sp³-hybridized carbons (Fsp3) is 0.455. The normalized spacial score (nSPS) is 23.3. The van der Waals surface area contributed by atoms with E-state index in [0.717, 1.165) is 18.5 Å². The summed E-state index contributed by atoms with van der Waals surface area (Å²) in [6.45, 7) is 5.63. The van der Waals surface area contributed by atoms with Gasteiger partial charge in [0.2, 0.25) is 0 Å². The number of aryl methyl sites for hydroxylation is 1. The summed E-state index contributed by atoms with van der Waals surface area (Å²) in [6.07, 6.45) is 1.88. The molecule has 5 heteroatoms. The Morgan fingerprint density at radius 1 is 1.19 bits per heavy atom. The summed E-state index contributed by atoms with van der Waals surface area (Å²) in [5.74, 6) is 0.557. The molecule has 1 aliphatic rings. The van der Waals surface area contributed by atoms with Crippen LogP contribution in [0.2, 0.25) is 0 Å². The molecule has 4 nitrogen and oxygen atoms in total. The Kier molecular flexibility index (Phi) is 7.54. The molecular formula is C22H30ClNO3. The second kappa shape index (κ2) is 9.45. The van der Waals surface area contributed by atoms with Crippen LogP contribution < -0.4 is 10.1 Å². The van der Waals surface area contributed by atoms with Gasteiger partial charge < -0.3 is 20.3 Å². The number of rotatable bonds is 6. The van der Waals surface area contributed by atoms with Crippen LogP contribution in [0.4, 0.5) is 0 Å². The van der Waals surface area contributed by atoms with Gasteiger partial charge in [-0.3, -0.25) is 0 Å². The fourth-order valence-corrected chi connectivity index (χ4v) is 3.86. The lowest BCUT2D eigenvalue weighted by Gasteiger charge is -2.44. The van der Waals surface area contributed by atoms with E-state index >= 15 is 0 Å². The van der Waals surface area contributed by atoms with Gasteiger partial charge in [0, 0.05) is 18.9 Å². The third-order valence-electron chi connectivity index (χ3n) is 5.41. The third-order valence-corrected chi connectivity index (χ3v) is 5.41. The lowest BCUT2D eigenvalue weighted by Crippen LogP contribution is -2.57. The maximum Gasteiger partial charge on any atom is 0.161 e. The van der Waals surface area contributed by atoms with Crippen molar-refractivity contribution in [2.45, 2.75) is 44.8 Å². The van der Waals surface area contributed by atoms with Crippen LogP contribution in [0.15, 0.2) is 48.5 Å². The predicted octanol–water partition coefficient (Wildman–Crippen LogP) is 3.86. The highest BCUT2D eigenvalue weighted by Crippen LogP contribution is 2.35. The first kappa shape index (κ1) is 21.5. The molecule has 3 N–H and O–H groups in total. The maximum atomic E-state index is 11.5. The summed E-state index contributed by atoms with van der Waals surface area (Å²) in [4.78, 5) is 0. The largest absolute Gasteiger partial charge is 0.504 e. The highest BCUT2D eigenvalue weighted by atomic mass is 35.5. The van der Waals surface area contributed by atoms with E-state index in [9.17, 15) is 10.2 Å². The van der Waals surface area contributed by atoms with Crippen molar-refractivity contribution in [1.29, 1.82) is 0 Å². The van der Waals surface area contributed by atoms with Gasteiger partial charge >= 0.3 is 0 Å². The molecule has 0 amide bonds. The number of benzene rings is 2. The molecule has 27 heavy (non-hydrogen) atoms. The van der Waals surface area contributed by atoms with E-state index < -0.39 is 5.60 Å². The molecule has 3 atom stereocenters. The van der Waals surface area contributed by atoms with Gasteiger partial charge in [0.05, 0.1) is 5.60 Å². The number of ether oxygens (including phenoxy) is 1. The van der Waals surface area contributed by atoms with Crippen LogP contribution in [0, 0.1) is 12.8 Å². The molecule has 0 aromatic heterocycles. The Morgan fingerprint density at radius 3 is 2.56 bits per heavy atom. The Labute approximate surface area is 168 Å². The van der Waals surface area contributed by atoms with Crippen LogP contribution in [-0.2, 0) is 6.42 Å². The van der Waals surface area contributed by atoms with Crippen LogP contribution in [0.25, 0.3) is 0 Å². The number of piperidine rings is 1. The molecule has 0 radical (unpaired) electrons. The van der Waals surface area contributed by atoms with E-state index in [2.05, 4.69) is 43.4 Å². The van der Waals surface area contributed by atoms with Gasteiger partial charge in [0.25, 0.3) is 0 Å². The summed E-state index contributed by atoms with van der Waals surface area (Å²) >= 11 is 0. The summed E-state index contributed by atoms with van der Waals surface area (Å²) in [6, 6.07) is 15.4. The molecular weight excluding hydrogens is 362 g/mol. The third kappa shape index (κ3) is 5.16. The first-order valence-corrected chi connectivity index (χ1v) is 9.45. The molecule has 1 saturated heterocycles. The van der Waals surface area contributed by atoms with Gasteiger partial charge in [0.15, 0.2) is 11.5 Å². The van der Waals surface area contributed by atoms with E-state index in [0.29, 0.717) is 25.1 Å². The second-order valence-corrected chi connectivity index (χ2v) is 7.36. The molecule has 3 unspecified atom stereocenters. The molecule has 1 fully saturated rings. The molecule has 1 aliphatic heterocycles. The predicted molar refractivity (Wildman–Crippen MR) is 111 cm³/mol. The number of para-hydroxylation sites is 2. The summed E-state index contributed by atoms with van der Waals surface area (Å²) in [7, 11) is 0. The Bertz CT molecular complexity index is 722. The van der Waals surface area contributed by atoms with E-state index in [4.69, 9.17) is 4.74 Å². The van der Waals surface area contributed by atoms with Crippen LogP contribution in [-0.4, -0.2) is 35.0 Å². The Balaban J connectivity index is 0.00000261. The average Bonchev–Trinajstić information content (AvgIpc) is 2.64. The van der Waals surface area contributed by atoms with Crippen molar-refractivity contribution < 1.29 is 14.9 Å². The van der Waals surface area contributed by atoms with Gasteiger partial charge in [-0.25, -0.2) is 0 Å². The minimum absolute atomic E-state index is 0. The number of nitrogens with one attached hydrogen (secondary N) is 1. The maximum absolute atomic E-state index is 11.5. The highest BCUT2D eigenvalue weighted by Gasteiger charge is 2.43. The Morgan fingerprint density at radius 2 is 1.89 bits per heavy atom. The Hall–Kier alpha value is -1.75. The van der Waals surface area contributed by atoms with Crippen molar-refractivity contribution in [2.24, 2.45) is 5.92 Å². The van der Waals surface area contributed by atoms with Crippen molar-refractivity contribution in [3.63, 3.8) is 0 Å². The first-order chi connectivity index (χ1) is 12.5. The molecule has 0 saturated carbocycles. The van der Waals surface area contributed by atoms with Crippen LogP contribution >= 0.6 is 12.4 Å². The van der Waals surface area contributed by atoms with E-state index in [1.807, 2.05) is 6.07 Å². The quantitative estimate of drug-likeness (QED) is 0.699. The number of aromatic hydroxyl groups is 1. The molecule has 2 aromatic rings. The second-order valence-electron chi connectivity index (χ2n) is 7.36. The van der Waals surface area contributed by atoms with Gasteiger partial charge in [-0.15, -0.1) is 12.4 Å². The zero-order valence-electron chi connectivity index (χ0n) is 16.0. The van der Waals surface area contributed by atoms with Crippen LogP contribution in [0.5, 0.6) is 11.5 Å². The van der Waals surface area contributed by atoms with Gasteiger partial charge in [-0.05, 0) is 44.0 Å². The van der Waals surface area contributed by atoms with Crippen molar-refractivity contribution >= 4 is 12.4 Å². The summed E-state index contributed by atoms with van der Waals surface area (Å²) < 4.78 is 6.14. The molecule has 1 heterocycles. The lowest BCUT2D eigenvalue weighted by atomic mass is 9.74. The topological polar surface area (TPSA) is 61.7 Å². The van der Waals surface area contributed by atoms with Crippen molar-refractivity contribution in [1.82, 2.24) is 5.32 Å². The molecule has 148 valence electrons.